The maximum Gasteiger partial charge on any atom is 0.346 e. The topological polar surface area (TPSA) is 100 Å². The summed E-state index contributed by atoms with van der Waals surface area (Å²) in [5.74, 6) is -1.02. The van der Waals surface area contributed by atoms with Crippen molar-refractivity contribution in [3.05, 3.63) is 65.9 Å². The minimum atomic E-state index is -1.33. The van der Waals surface area contributed by atoms with Crippen molar-refractivity contribution in [2.24, 2.45) is 0 Å². The van der Waals surface area contributed by atoms with Crippen LogP contribution in [0.25, 0.3) is 28.5 Å². The molecule has 3 rings (SSSR count). The Morgan fingerprint density at radius 3 is 2.29 bits per heavy atom. The van der Waals surface area contributed by atoms with Gasteiger partial charge in [0.2, 0.25) is 0 Å². The first-order valence-corrected chi connectivity index (χ1v) is 7.02. The second-order valence-corrected chi connectivity index (χ2v) is 4.91. The standard InChI is InChI=1S/C18H11N3O3/c19-11-15(18(22)23)10-16-17(24-21-20-16)14-8-6-13(7-9-14)12-4-2-1-3-5-12/h1-10H,(H,22,23)/b15-10-. The van der Waals surface area contributed by atoms with Crippen LogP contribution in [0.15, 0.2) is 64.7 Å². The van der Waals surface area contributed by atoms with Crippen LogP contribution < -0.4 is 0 Å². The van der Waals surface area contributed by atoms with Gasteiger partial charge >= 0.3 is 5.97 Å². The van der Waals surface area contributed by atoms with E-state index in [0.29, 0.717) is 11.3 Å². The number of nitriles is 1. The number of carboxylic acid groups (broad SMARTS) is 1. The van der Waals surface area contributed by atoms with Crippen LogP contribution in [0.5, 0.6) is 0 Å². The zero-order valence-corrected chi connectivity index (χ0v) is 12.4. The summed E-state index contributed by atoms with van der Waals surface area (Å²) in [6.45, 7) is 0. The summed E-state index contributed by atoms with van der Waals surface area (Å²) in [7, 11) is 0. The molecule has 3 aromatic rings. The maximum absolute atomic E-state index is 10.9. The molecule has 2 aromatic carbocycles. The van der Waals surface area contributed by atoms with Crippen LogP contribution in [0.4, 0.5) is 0 Å². The second kappa shape index (κ2) is 6.58. The molecule has 0 unspecified atom stereocenters. The Morgan fingerprint density at radius 1 is 1.04 bits per heavy atom. The van der Waals surface area contributed by atoms with E-state index in [-0.39, 0.29) is 5.69 Å². The molecule has 0 aliphatic rings. The van der Waals surface area contributed by atoms with Gasteiger partial charge in [-0.05, 0) is 17.2 Å². The fraction of sp³-hybridized carbons (Fsp3) is 0. The first-order chi connectivity index (χ1) is 11.7. The lowest BCUT2D eigenvalue weighted by Gasteiger charge is -2.02. The average molecular weight is 317 g/mol. The highest BCUT2D eigenvalue weighted by molar-refractivity contribution is 5.97. The molecule has 116 valence electrons. The van der Waals surface area contributed by atoms with E-state index in [1.54, 1.807) is 6.07 Å². The highest BCUT2D eigenvalue weighted by Gasteiger charge is 2.14. The number of carboxylic acids is 1. The van der Waals surface area contributed by atoms with Gasteiger partial charge < -0.3 is 9.63 Å². The quantitative estimate of drug-likeness (QED) is 0.584. The van der Waals surface area contributed by atoms with Crippen molar-refractivity contribution < 1.29 is 14.4 Å². The van der Waals surface area contributed by atoms with Crippen LogP contribution in [-0.2, 0) is 4.79 Å². The van der Waals surface area contributed by atoms with E-state index >= 15 is 0 Å². The lowest BCUT2D eigenvalue weighted by Crippen LogP contribution is -1.97. The zero-order valence-electron chi connectivity index (χ0n) is 12.4. The monoisotopic (exact) mass is 317 g/mol. The van der Waals surface area contributed by atoms with Crippen LogP contribution in [0.3, 0.4) is 0 Å². The molecule has 0 amide bonds. The first-order valence-electron chi connectivity index (χ1n) is 7.02. The van der Waals surface area contributed by atoms with Crippen molar-refractivity contribution in [2.45, 2.75) is 0 Å². The summed E-state index contributed by atoms with van der Waals surface area (Å²) in [6, 6.07) is 19.0. The van der Waals surface area contributed by atoms with E-state index in [4.69, 9.17) is 14.9 Å². The number of aliphatic carboxylic acids is 1. The normalized spacial score (nSPS) is 11.0. The van der Waals surface area contributed by atoms with E-state index in [2.05, 4.69) is 10.4 Å². The predicted octanol–water partition coefficient (Wildman–Crippen LogP) is 3.40. The third-order valence-corrected chi connectivity index (χ3v) is 3.40. The highest BCUT2D eigenvalue weighted by atomic mass is 16.5. The van der Waals surface area contributed by atoms with Crippen LogP contribution in [0.2, 0.25) is 0 Å². The van der Waals surface area contributed by atoms with Crippen molar-refractivity contribution >= 4 is 12.0 Å². The number of aromatic nitrogens is 2. The number of hydrogen-bond donors (Lipinski definition) is 1. The van der Waals surface area contributed by atoms with Crippen LogP contribution in [0, 0.1) is 11.3 Å². The Balaban J connectivity index is 1.96. The maximum atomic E-state index is 10.9. The van der Waals surface area contributed by atoms with Crippen molar-refractivity contribution in [1.29, 1.82) is 5.26 Å². The van der Waals surface area contributed by atoms with E-state index < -0.39 is 11.5 Å². The van der Waals surface area contributed by atoms with Crippen molar-refractivity contribution in [3.8, 4) is 28.5 Å². The van der Waals surface area contributed by atoms with E-state index in [0.717, 1.165) is 17.2 Å². The smallest absolute Gasteiger partial charge is 0.346 e. The van der Waals surface area contributed by atoms with Gasteiger partial charge in [-0.1, -0.05) is 54.6 Å². The second-order valence-electron chi connectivity index (χ2n) is 4.91. The molecule has 0 aliphatic heterocycles. The molecule has 1 N–H and O–H groups in total. The Kier molecular flexibility index (Phi) is 4.17. The fourth-order valence-electron chi connectivity index (χ4n) is 2.22. The molecule has 0 saturated heterocycles. The number of hydrogen-bond acceptors (Lipinski definition) is 5. The summed E-state index contributed by atoms with van der Waals surface area (Å²) in [6.07, 6.45) is 1.14. The van der Waals surface area contributed by atoms with Gasteiger partial charge in [-0.25, -0.2) is 4.79 Å². The Bertz CT molecular complexity index is 936. The number of benzene rings is 2. The molecule has 0 fully saturated rings. The van der Waals surface area contributed by atoms with Gasteiger partial charge in [0.1, 0.15) is 17.3 Å². The summed E-state index contributed by atoms with van der Waals surface area (Å²) >= 11 is 0. The third kappa shape index (κ3) is 3.05. The molecule has 6 nitrogen and oxygen atoms in total. The molecule has 0 bridgehead atoms. The van der Waals surface area contributed by atoms with Crippen molar-refractivity contribution in [3.63, 3.8) is 0 Å². The molecule has 6 heteroatoms. The minimum Gasteiger partial charge on any atom is -0.477 e. The lowest BCUT2D eigenvalue weighted by molar-refractivity contribution is -0.132. The Hall–Kier alpha value is -3.72. The summed E-state index contributed by atoms with van der Waals surface area (Å²) in [4.78, 5) is 10.9. The zero-order chi connectivity index (χ0) is 16.9. The summed E-state index contributed by atoms with van der Waals surface area (Å²) in [5.41, 5.74) is 2.56. The van der Waals surface area contributed by atoms with Crippen molar-refractivity contribution in [1.82, 2.24) is 10.4 Å². The molecule has 0 spiro atoms. The van der Waals surface area contributed by atoms with Gasteiger partial charge in [-0.3, -0.25) is 0 Å². The van der Waals surface area contributed by atoms with E-state index in [1.807, 2.05) is 54.6 Å². The molecule has 0 saturated carbocycles. The van der Waals surface area contributed by atoms with Gasteiger partial charge in [0.15, 0.2) is 5.76 Å². The number of carbonyl (C=O) groups is 1. The number of nitrogens with zero attached hydrogens (tertiary/aromatic N) is 3. The molecule has 1 heterocycles. The first kappa shape index (κ1) is 15.2. The summed E-state index contributed by atoms with van der Waals surface area (Å²) in [5, 5.41) is 25.0. The molecule has 1 aromatic heterocycles. The molecule has 24 heavy (non-hydrogen) atoms. The van der Waals surface area contributed by atoms with Gasteiger partial charge in [-0.2, -0.15) is 5.26 Å². The van der Waals surface area contributed by atoms with Gasteiger partial charge in [0.05, 0.1) is 0 Å². The fourth-order valence-corrected chi connectivity index (χ4v) is 2.22. The minimum absolute atomic E-state index is 0.196. The summed E-state index contributed by atoms with van der Waals surface area (Å²) < 4.78 is 5.11. The molecular formula is C18H11N3O3. The Morgan fingerprint density at radius 2 is 1.67 bits per heavy atom. The van der Waals surface area contributed by atoms with Gasteiger partial charge in [0.25, 0.3) is 0 Å². The van der Waals surface area contributed by atoms with Crippen LogP contribution in [-0.4, -0.2) is 21.4 Å². The molecular weight excluding hydrogens is 306 g/mol. The van der Waals surface area contributed by atoms with Gasteiger partial charge in [0, 0.05) is 10.8 Å². The predicted molar refractivity (Wildman–Crippen MR) is 86.4 cm³/mol. The SMILES string of the molecule is N#C/C(=C/c1nnoc1-c1ccc(-c2ccccc2)cc1)C(=O)O. The molecule has 0 atom stereocenters. The average Bonchev–Trinajstić information content (AvgIpc) is 3.08. The van der Waals surface area contributed by atoms with Crippen molar-refractivity contribution in [2.75, 3.05) is 0 Å². The molecule has 0 radical (unpaired) electrons. The number of rotatable bonds is 4. The van der Waals surface area contributed by atoms with E-state index in [9.17, 15) is 4.79 Å². The lowest BCUT2D eigenvalue weighted by atomic mass is 10.0. The Labute approximate surface area is 137 Å². The van der Waals surface area contributed by atoms with E-state index in [1.165, 1.54) is 0 Å². The van der Waals surface area contributed by atoms with Gasteiger partial charge in [-0.15, -0.1) is 5.10 Å². The molecule has 0 aliphatic carbocycles. The largest absolute Gasteiger partial charge is 0.477 e. The highest BCUT2D eigenvalue weighted by Crippen LogP contribution is 2.27. The van der Waals surface area contributed by atoms with Crippen LogP contribution in [0.1, 0.15) is 5.69 Å². The third-order valence-electron chi connectivity index (χ3n) is 3.40. The van der Waals surface area contributed by atoms with Crippen LogP contribution >= 0.6 is 0 Å².